The van der Waals surface area contributed by atoms with E-state index in [1.807, 2.05) is 26.0 Å². The normalized spacial score (nSPS) is 11.2. The molecule has 1 N–H and O–H groups in total. The second-order valence-electron chi connectivity index (χ2n) is 6.95. The number of para-hydroxylation sites is 1. The van der Waals surface area contributed by atoms with E-state index in [4.69, 9.17) is 23.2 Å². The zero-order valence-corrected chi connectivity index (χ0v) is 18.5. The van der Waals surface area contributed by atoms with E-state index in [9.17, 15) is 9.59 Å². The monoisotopic (exact) mass is 450 g/mol. The minimum atomic E-state index is -0.301. The molecular formula is C20H20Cl2N4O2S. The van der Waals surface area contributed by atoms with Crippen LogP contribution in [0, 0.1) is 12.8 Å². The lowest BCUT2D eigenvalue weighted by Crippen LogP contribution is -2.26. The van der Waals surface area contributed by atoms with Crippen molar-refractivity contribution < 1.29 is 4.79 Å². The van der Waals surface area contributed by atoms with Crippen LogP contribution in [0.4, 0.5) is 5.82 Å². The number of amides is 1. The van der Waals surface area contributed by atoms with E-state index in [0.29, 0.717) is 38.2 Å². The fraction of sp³-hybridized carbons (Fsp3) is 0.300. The van der Waals surface area contributed by atoms with E-state index in [2.05, 4.69) is 15.3 Å². The zero-order valence-electron chi connectivity index (χ0n) is 16.2. The maximum absolute atomic E-state index is 12.9. The number of benzene rings is 1. The number of nitrogens with zero attached hydrogens (tertiary/aromatic N) is 3. The number of thioether (sulfide) groups is 1. The number of carbonyl (C=O) groups is 1. The molecule has 0 saturated carbocycles. The summed E-state index contributed by atoms with van der Waals surface area (Å²) >= 11 is 13.4. The topological polar surface area (TPSA) is 76.9 Å². The van der Waals surface area contributed by atoms with Crippen LogP contribution in [0.5, 0.6) is 0 Å². The number of carbonyl (C=O) groups excluding carboxylic acids is 1. The highest BCUT2D eigenvalue weighted by Crippen LogP contribution is 2.29. The Morgan fingerprint density at radius 1 is 1.28 bits per heavy atom. The van der Waals surface area contributed by atoms with Gasteiger partial charge in [-0.15, -0.1) is 0 Å². The van der Waals surface area contributed by atoms with Gasteiger partial charge in [-0.25, -0.2) is 9.97 Å². The molecule has 9 heteroatoms. The molecule has 3 aromatic rings. The molecule has 2 heterocycles. The Bertz CT molecular complexity index is 1130. The minimum Gasteiger partial charge on any atom is -0.309 e. The Kier molecular flexibility index (Phi) is 6.82. The summed E-state index contributed by atoms with van der Waals surface area (Å²) in [5.74, 6) is 0.265. The van der Waals surface area contributed by atoms with E-state index in [-0.39, 0.29) is 29.0 Å². The van der Waals surface area contributed by atoms with Gasteiger partial charge in [0.25, 0.3) is 5.56 Å². The van der Waals surface area contributed by atoms with Crippen molar-refractivity contribution in [1.82, 2.24) is 14.5 Å². The van der Waals surface area contributed by atoms with Crippen LogP contribution in [0.3, 0.4) is 0 Å². The second kappa shape index (κ2) is 9.15. The van der Waals surface area contributed by atoms with Crippen molar-refractivity contribution in [2.45, 2.75) is 32.5 Å². The Morgan fingerprint density at radius 3 is 2.72 bits per heavy atom. The Morgan fingerprint density at radius 2 is 2.00 bits per heavy atom. The summed E-state index contributed by atoms with van der Waals surface area (Å²) in [7, 11) is 0. The molecule has 0 unspecified atom stereocenters. The van der Waals surface area contributed by atoms with E-state index >= 15 is 0 Å². The average Bonchev–Trinajstić information content (AvgIpc) is 2.69. The lowest BCUT2D eigenvalue weighted by atomic mass is 10.2. The van der Waals surface area contributed by atoms with Gasteiger partial charge in [-0.3, -0.25) is 14.2 Å². The fourth-order valence-corrected chi connectivity index (χ4v) is 3.92. The molecule has 0 bridgehead atoms. The van der Waals surface area contributed by atoms with Crippen LogP contribution >= 0.6 is 35.0 Å². The van der Waals surface area contributed by atoms with Crippen molar-refractivity contribution >= 4 is 57.6 Å². The average molecular weight is 451 g/mol. The maximum Gasteiger partial charge on any atom is 0.262 e. The first-order valence-electron chi connectivity index (χ1n) is 9.00. The molecule has 0 radical (unpaired) electrons. The van der Waals surface area contributed by atoms with Gasteiger partial charge < -0.3 is 5.32 Å². The van der Waals surface area contributed by atoms with Crippen molar-refractivity contribution in [2.24, 2.45) is 5.92 Å². The van der Waals surface area contributed by atoms with Crippen LogP contribution < -0.4 is 10.9 Å². The van der Waals surface area contributed by atoms with Gasteiger partial charge in [0.15, 0.2) is 11.0 Å². The number of halogens is 2. The van der Waals surface area contributed by atoms with E-state index < -0.39 is 0 Å². The molecule has 0 aliphatic carbocycles. The summed E-state index contributed by atoms with van der Waals surface area (Å²) in [5, 5.41) is 4.49. The van der Waals surface area contributed by atoms with Gasteiger partial charge in [0, 0.05) is 12.7 Å². The van der Waals surface area contributed by atoms with Crippen LogP contribution in [0.1, 0.15) is 19.4 Å². The highest BCUT2D eigenvalue weighted by molar-refractivity contribution is 7.99. The van der Waals surface area contributed by atoms with Gasteiger partial charge in [0.05, 0.1) is 26.7 Å². The molecule has 1 aromatic carbocycles. The molecular weight excluding hydrogens is 431 g/mol. The second-order valence-corrected chi connectivity index (χ2v) is 8.68. The fourth-order valence-electron chi connectivity index (χ4n) is 2.73. The van der Waals surface area contributed by atoms with Gasteiger partial charge >= 0.3 is 0 Å². The summed E-state index contributed by atoms with van der Waals surface area (Å²) in [6.07, 6.45) is 1.44. The Labute approximate surface area is 182 Å². The van der Waals surface area contributed by atoms with E-state index in [0.717, 1.165) is 0 Å². The summed E-state index contributed by atoms with van der Waals surface area (Å²) in [6.45, 7) is 6.32. The number of hydrogen-bond acceptors (Lipinski definition) is 5. The molecule has 2 aromatic heterocycles. The molecule has 1 amide bonds. The van der Waals surface area contributed by atoms with Gasteiger partial charge in [-0.2, -0.15) is 0 Å². The van der Waals surface area contributed by atoms with Crippen molar-refractivity contribution in [1.29, 1.82) is 0 Å². The minimum absolute atomic E-state index is 0.0581. The Hall–Kier alpha value is -2.09. The first kappa shape index (κ1) is 21.6. The lowest BCUT2D eigenvalue weighted by molar-refractivity contribution is -0.113. The number of aromatic nitrogens is 3. The van der Waals surface area contributed by atoms with Crippen molar-refractivity contribution in [3.63, 3.8) is 0 Å². The van der Waals surface area contributed by atoms with Gasteiger partial charge in [-0.1, -0.05) is 60.9 Å². The summed E-state index contributed by atoms with van der Waals surface area (Å²) < 4.78 is 1.63. The van der Waals surface area contributed by atoms with E-state index in [1.54, 1.807) is 23.6 Å². The predicted octanol–water partition coefficient (Wildman–Crippen LogP) is 4.79. The molecule has 152 valence electrons. The van der Waals surface area contributed by atoms with Crippen LogP contribution in [0.25, 0.3) is 10.9 Å². The van der Waals surface area contributed by atoms with Gasteiger partial charge in [-0.05, 0) is 30.5 Å². The summed E-state index contributed by atoms with van der Waals surface area (Å²) in [5.41, 5.74) is 1.15. The highest BCUT2D eigenvalue weighted by Gasteiger charge is 2.16. The van der Waals surface area contributed by atoms with Crippen LogP contribution in [-0.2, 0) is 11.3 Å². The molecule has 0 spiro atoms. The van der Waals surface area contributed by atoms with Crippen molar-refractivity contribution in [3.05, 3.63) is 56.4 Å². The quantitative estimate of drug-likeness (QED) is 0.431. The standard InChI is InChI=1S/C20H20Cl2N4O2S/c1-11(2)9-26-19(28)13-6-4-5-7-15(13)24-20(26)29-10-16(27)25-18-17(22)12(3)14(21)8-23-18/h4-8,11H,9-10H2,1-3H3,(H,23,25,27). The van der Waals surface area contributed by atoms with Crippen molar-refractivity contribution in [2.75, 3.05) is 11.1 Å². The smallest absolute Gasteiger partial charge is 0.262 e. The molecule has 0 aliphatic rings. The molecule has 3 rings (SSSR count). The number of hydrogen-bond donors (Lipinski definition) is 1. The third-order valence-corrected chi connectivity index (χ3v) is 5.99. The number of pyridine rings is 1. The summed E-state index contributed by atoms with van der Waals surface area (Å²) in [6, 6.07) is 7.20. The maximum atomic E-state index is 12.9. The van der Waals surface area contributed by atoms with Crippen LogP contribution in [0.2, 0.25) is 10.0 Å². The van der Waals surface area contributed by atoms with Gasteiger partial charge in [0.1, 0.15) is 0 Å². The third kappa shape index (κ3) is 4.91. The zero-order chi connectivity index (χ0) is 21.1. The molecule has 0 saturated heterocycles. The van der Waals surface area contributed by atoms with E-state index in [1.165, 1.54) is 18.0 Å². The van der Waals surface area contributed by atoms with Gasteiger partial charge in [0.2, 0.25) is 5.91 Å². The molecule has 6 nitrogen and oxygen atoms in total. The largest absolute Gasteiger partial charge is 0.309 e. The Balaban J connectivity index is 1.83. The first-order chi connectivity index (χ1) is 13.8. The van der Waals surface area contributed by atoms with Crippen LogP contribution in [-0.4, -0.2) is 26.2 Å². The van der Waals surface area contributed by atoms with Crippen LogP contribution in [0.15, 0.2) is 40.4 Å². The van der Waals surface area contributed by atoms with Crippen molar-refractivity contribution in [3.8, 4) is 0 Å². The predicted molar refractivity (Wildman–Crippen MR) is 119 cm³/mol. The molecule has 0 atom stereocenters. The highest BCUT2D eigenvalue weighted by atomic mass is 35.5. The summed E-state index contributed by atoms with van der Waals surface area (Å²) in [4.78, 5) is 34.0. The number of rotatable bonds is 6. The first-order valence-corrected chi connectivity index (χ1v) is 10.7. The molecule has 0 fully saturated rings. The number of fused-ring (bicyclic) bond motifs is 1. The number of anilines is 1. The third-order valence-electron chi connectivity index (χ3n) is 4.17. The molecule has 0 aliphatic heterocycles. The number of nitrogens with one attached hydrogen (secondary N) is 1. The SMILES string of the molecule is Cc1c(Cl)cnc(NC(=O)CSc2nc3ccccc3c(=O)n2CC(C)C)c1Cl. The molecule has 29 heavy (non-hydrogen) atoms. The lowest BCUT2D eigenvalue weighted by Gasteiger charge is -2.15.